The number of benzene rings is 4. The normalized spacial score (nSPS) is 11.1. The largest absolute Gasteiger partial charge is 0.489 e. The number of ether oxygens (including phenoxy) is 1. The summed E-state index contributed by atoms with van der Waals surface area (Å²) in [5.41, 5.74) is 10.8. The Balaban J connectivity index is 1.38. The third-order valence-corrected chi connectivity index (χ3v) is 5.24. The average Bonchev–Trinajstić information content (AvgIpc) is 2.84. The van der Waals surface area contributed by atoms with Gasteiger partial charge in [0.2, 0.25) is 0 Å². The van der Waals surface area contributed by atoms with Crippen LogP contribution < -0.4 is 15.8 Å². The summed E-state index contributed by atoms with van der Waals surface area (Å²) in [6, 6.07) is 35.4. The van der Waals surface area contributed by atoms with Crippen LogP contribution in [0.2, 0.25) is 0 Å². The van der Waals surface area contributed by atoms with E-state index in [1.807, 2.05) is 109 Å². The first-order valence-electron chi connectivity index (χ1n) is 10.3. The van der Waals surface area contributed by atoms with Crippen molar-refractivity contribution in [3.63, 3.8) is 0 Å². The van der Waals surface area contributed by atoms with Crippen molar-refractivity contribution in [3.8, 4) is 5.75 Å². The van der Waals surface area contributed by atoms with Gasteiger partial charge in [0.15, 0.2) is 5.96 Å². The molecule has 0 spiro atoms. The van der Waals surface area contributed by atoms with Crippen LogP contribution in [0.25, 0.3) is 0 Å². The Kier molecular flexibility index (Phi) is 6.90. The van der Waals surface area contributed by atoms with Gasteiger partial charge >= 0.3 is 0 Å². The first-order valence-corrected chi connectivity index (χ1v) is 10.7. The highest BCUT2D eigenvalue weighted by molar-refractivity contribution is 7.81. The third-order valence-electron chi connectivity index (χ3n) is 4.77. The van der Waals surface area contributed by atoms with E-state index in [4.69, 9.17) is 22.7 Å². The molecule has 0 saturated heterocycles. The molecule has 4 nitrogen and oxygen atoms in total. The van der Waals surface area contributed by atoms with Gasteiger partial charge in [0.1, 0.15) is 12.4 Å². The highest BCUT2D eigenvalue weighted by atomic mass is 32.1. The van der Waals surface area contributed by atoms with Crippen LogP contribution in [0.15, 0.2) is 114 Å². The number of hydrogen-bond donors (Lipinski definition) is 2. The zero-order valence-corrected chi connectivity index (χ0v) is 18.3. The number of nitrogens with one attached hydrogen (secondary N) is 1. The van der Waals surface area contributed by atoms with E-state index in [2.05, 4.69) is 10.3 Å². The second-order valence-corrected chi connectivity index (χ2v) is 7.57. The highest BCUT2D eigenvalue weighted by Gasteiger charge is 2.05. The van der Waals surface area contributed by atoms with Crippen LogP contribution in [-0.2, 0) is 6.61 Å². The molecule has 0 atom stereocenters. The molecule has 4 rings (SSSR count). The SMILES string of the molecule is NC(=Nc1ccc(C(=S)c2ccccc2)cc1)Nc1cccc(OCc2ccccc2)c1. The molecule has 5 heteroatoms. The molecule has 32 heavy (non-hydrogen) atoms. The molecular weight excluding hydrogens is 414 g/mol. The summed E-state index contributed by atoms with van der Waals surface area (Å²) in [6.45, 7) is 0.505. The molecular formula is C27H23N3OS. The Bertz CT molecular complexity index is 1210. The number of rotatable bonds is 7. The van der Waals surface area contributed by atoms with Crippen LogP contribution in [0.5, 0.6) is 5.75 Å². The van der Waals surface area contributed by atoms with Crippen molar-refractivity contribution in [2.75, 3.05) is 5.32 Å². The Labute approximate surface area is 193 Å². The summed E-state index contributed by atoms with van der Waals surface area (Å²) < 4.78 is 5.87. The lowest BCUT2D eigenvalue weighted by Crippen LogP contribution is -2.21. The van der Waals surface area contributed by atoms with Gasteiger partial charge in [0, 0.05) is 11.8 Å². The van der Waals surface area contributed by atoms with Gasteiger partial charge in [-0.2, -0.15) is 0 Å². The summed E-state index contributed by atoms with van der Waals surface area (Å²) in [6.07, 6.45) is 0. The molecule has 0 radical (unpaired) electrons. The van der Waals surface area contributed by atoms with E-state index < -0.39 is 0 Å². The number of nitrogens with two attached hydrogens (primary N) is 1. The minimum atomic E-state index is 0.295. The van der Waals surface area contributed by atoms with Crippen LogP contribution in [0.3, 0.4) is 0 Å². The van der Waals surface area contributed by atoms with Crippen LogP contribution in [-0.4, -0.2) is 10.8 Å². The van der Waals surface area contributed by atoms with Crippen molar-refractivity contribution in [3.05, 3.63) is 126 Å². The van der Waals surface area contributed by atoms with Crippen molar-refractivity contribution >= 4 is 34.4 Å². The number of hydrogen-bond acceptors (Lipinski definition) is 3. The maximum atomic E-state index is 6.11. The number of aliphatic imine (C=N–C) groups is 1. The average molecular weight is 438 g/mol. The lowest BCUT2D eigenvalue weighted by Gasteiger charge is -2.10. The number of thiocarbonyl (C=S) groups is 1. The Morgan fingerprint density at radius 3 is 2.16 bits per heavy atom. The maximum absolute atomic E-state index is 6.11. The monoisotopic (exact) mass is 437 g/mol. The summed E-state index contributed by atoms with van der Waals surface area (Å²) >= 11 is 5.58. The van der Waals surface area contributed by atoms with E-state index in [1.165, 1.54) is 0 Å². The minimum Gasteiger partial charge on any atom is -0.489 e. The first-order chi connectivity index (χ1) is 15.7. The fourth-order valence-electron chi connectivity index (χ4n) is 3.16. The van der Waals surface area contributed by atoms with E-state index in [0.29, 0.717) is 12.6 Å². The third kappa shape index (κ3) is 5.80. The Morgan fingerprint density at radius 1 is 0.781 bits per heavy atom. The van der Waals surface area contributed by atoms with E-state index in [1.54, 1.807) is 0 Å². The molecule has 3 N–H and O–H groups in total. The minimum absolute atomic E-state index is 0.295. The summed E-state index contributed by atoms with van der Waals surface area (Å²) in [5.74, 6) is 1.05. The number of nitrogens with zero attached hydrogens (tertiary/aromatic N) is 1. The smallest absolute Gasteiger partial charge is 0.198 e. The zero-order chi connectivity index (χ0) is 22.2. The molecule has 0 unspecified atom stereocenters. The predicted molar refractivity (Wildman–Crippen MR) is 136 cm³/mol. The Hall–Kier alpha value is -3.96. The second-order valence-electron chi connectivity index (χ2n) is 7.17. The molecule has 0 heterocycles. The van der Waals surface area contributed by atoms with Crippen molar-refractivity contribution in [2.24, 2.45) is 10.7 Å². The van der Waals surface area contributed by atoms with Crippen molar-refractivity contribution in [1.29, 1.82) is 0 Å². The van der Waals surface area contributed by atoms with Crippen molar-refractivity contribution < 1.29 is 4.74 Å². The topological polar surface area (TPSA) is 59.6 Å². The van der Waals surface area contributed by atoms with Gasteiger partial charge in [-0.3, -0.25) is 0 Å². The molecule has 0 aliphatic heterocycles. The van der Waals surface area contributed by atoms with Crippen LogP contribution in [0, 0.1) is 0 Å². The fraction of sp³-hybridized carbons (Fsp3) is 0.0370. The lowest BCUT2D eigenvalue weighted by atomic mass is 10.0. The van der Waals surface area contributed by atoms with Gasteiger partial charge in [-0.15, -0.1) is 0 Å². The van der Waals surface area contributed by atoms with Crippen molar-refractivity contribution in [2.45, 2.75) is 6.61 Å². The predicted octanol–water partition coefficient (Wildman–Crippen LogP) is 6.09. The number of guanidine groups is 1. The van der Waals surface area contributed by atoms with Gasteiger partial charge in [0.05, 0.1) is 10.6 Å². The first kappa shape index (κ1) is 21.3. The standard InChI is InChI=1S/C27H23N3OS/c28-27(29-23-16-14-22(15-17-23)26(32)21-10-5-2-6-11-21)30-24-12-7-13-25(18-24)31-19-20-8-3-1-4-9-20/h1-18H,19H2,(H3,28,29,30). The molecule has 0 aliphatic rings. The van der Waals surface area contributed by atoms with Gasteiger partial charge in [0.25, 0.3) is 0 Å². The van der Waals surface area contributed by atoms with Crippen LogP contribution in [0.1, 0.15) is 16.7 Å². The molecule has 0 aromatic heterocycles. The van der Waals surface area contributed by atoms with Crippen LogP contribution >= 0.6 is 12.2 Å². The van der Waals surface area contributed by atoms with E-state index in [9.17, 15) is 0 Å². The highest BCUT2D eigenvalue weighted by Crippen LogP contribution is 2.20. The Morgan fingerprint density at radius 2 is 1.44 bits per heavy atom. The van der Waals surface area contributed by atoms with Crippen LogP contribution in [0.4, 0.5) is 11.4 Å². The van der Waals surface area contributed by atoms with E-state index in [0.717, 1.165) is 38.7 Å². The van der Waals surface area contributed by atoms with Gasteiger partial charge in [-0.1, -0.05) is 91.1 Å². The lowest BCUT2D eigenvalue weighted by molar-refractivity contribution is 0.306. The quantitative estimate of drug-likeness (QED) is 0.159. The van der Waals surface area contributed by atoms with Crippen molar-refractivity contribution in [1.82, 2.24) is 0 Å². The van der Waals surface area contributed by atoms with Gasteiger partial charge < -0.3 is 15.8 Å². The summed E-state index contributed by atoms with van der Waals surface area (Å²) in [7, 11) is 0. The van der Waals surface area contributed by atoms with E-state index >= 15 is 0 Å². The summed E-state index contributed by atoms with van der Waals surface area (Å²) in [5, 5.41) is 3.11. The molecule has 0 fully saturated rings. The molecule has 0 bridgehead atoms. The van der Waals surface area contributed by atoms with E-state index in [-0.39, 0.29) is 0 Å². The molecule has 0 amide bonds. The maximum Gasteiger partial charge on any atom is 0.198 e. The number of anilines is 1. The van der Waals surface area contributed by atoms with Gasteiger partial charge in [-0.05, 0) is 41.0 Å². The summed E-state index contributed by atoms with van der Waals surface area (Å²) in [4.78, 5) is 5.26. The fourth-order valence-corrected chi connectivity index (χ4v) is 3.44. The molecule has 0 aliphatic carbocycles. The molecule has 0 saturated carbocycles. The molecule has 158 valence electrons. The zero-order valence-electron chi connectivity index (χ0n) is 17.4. The molecule has 4 aromatic carbocycles. The second kappa shape index (κ2) is 10.4. The molecule has 4 aromatic rings. The van der Waals surface area contributed by atoms with Gasteiger partial charge in [-0.25, -0.2) is 4.99 Å².